The number of hydrogen-bond donors (Lipinski definition) is 1. The second-order valence-electron chi connectivity index (χ2n) is 6.15. The van der Waals surface area contributed by atoms with E-state index in [0.29, 0.717) is 23.4 Å². The van der Waals surface area contributed by atoms with E-state index in [0.717, 1.165) is 17.7 Å². The summed E-state index contributed by atoms with van der Waals surface area (Å²) in [7, 11) is 0. The molecule has 1 N–H and O–H groups in total. The van der Waals surface area contributed by atoms with Crippen LogP contribution in [0.25, 0.3) is 16.9 Å². The van der Waals surface area contributed by atoms with Gasteiger partial charge in [-0.2, -0.15) is 18.3 Å². The van der Waals surface area contributed by atoms with Crippen molar-refractivity contribution in [2.24, 2.45) is 0 Å². The molecule has 0 saturated carbocycles. The van der Waals surface area contributed by atoms with Crippen molar-refractivity contribution in [2.45, 2.75) is 26.4 Å². The van der Waals surface area contributed by atoms with Crippen LogP contribution in [0.4, 0.5) is 13.2 Å². The topological polar surface area (TPSA) is 55.1 Å². The summed E-state index contributed by atoms with van der Waals surface area (Å²) >= 11 is 0. The molecule has 140 valence electrons. The normalized spacial score (nSPS) is 11.6. The third-order valence-electron chi connectivity index (χ3n) is 4.29. The van der Waals surface area contributed by atoms with Crippen molar-refractivity contribution in [1.82, 2.24) is 9.78 Å². The van der Waals surface area contributed by atoms with Crippen molar-refractivity contribution < 1.29 is 23.1 Å². The zero-order valence-corrected chi connectivity index (χ0v) is 14.7. The standard InChI is InChI=1S/C20H17F3N2O2/c1-3-16-17(19(26)27)18(13-6-8-14(9-7-13)20(21,22)23)24-25(16)15-10-4-12(2)5-11-15/h4-11H,3H2,1-2H3,(H,26,27). The lowest BCUT2D eigenvalue weighted by molar-refractivity contribution is -0.137. The van der Waals surface area contributed by atoms with Crippen molar-refractivity contribution in [3.63, 3.8) is 0 Å². The number of rotatable bonds is 4. The summed E-state index contributed by atoms with van der Waals surface area (Å²) in [6, 6.07) is 11.8. The monoisotopic (exact) mass is 374 g/mol. The molecule has 3 rings (SSSR count). The Bertz CT molecular complexity index is 972. The molecule has 27 heavy (non-hydrogen) atoms. The van der Waals surface area contributed by atoms with Gasteiger partial charge in [0.1, 0.15) is 11.3 Å². The summed E-state index contributed by atoms with van der Waals surface area (Å²) in [6.07, 6.45) is -4.05. The lowest BCUT2D eigenvalue weighted by Gasteiger charge is -2.07. The first-order valence-corrected chi connectivity index (χ1v) is 8.32. The van der Waals surface area contributed by atoms with Gasteiger partial charge in [0.25, 0.3) is 0 Å². The third-order valence-corrected chi connectivity index (χ3v) is 4.29. The number of carboxylic acids is 1. The summed E-state index contributed by atoms with van der Waals surface area (Å²) < 4.78 is 39.9. The van der Waals surface area contributed by atoms with Crippen LogP contribution < -0.4 is 0 Å². The van der Waals surface area contributed by atoms with Crippen LogP contribution in [0.15, 0.2) is 48.5 Å². The van der Waals surface area contributed by atoms with Gasteiger partial charge in [0.2, 0.25) is 0 Å². The van der Waals surface area contributed by atoms with Crippen LogP contribution in [-0.4, -0.2) is 20.9 Å². The number of benzene rings is 2. The molecule has 0 radical (unpaired) electrons. The third kappa shape index (κ3) is 3.58. The van der Waals surface area contributed by atoms with Crippen molar-refractivity contribution in [3.05, 3.63) is 70.9 Å². The number of carbonyl (C=O) groups is 1. The minimum atomic E-state index is -4.45. The molecule has 1 aromatic heterocycles. The van der Waals surface area contributed by atoms with E-state index >= 15 is 0 Å². The molecule has 7 heteroatoms. The van der Waals surface area contributed by atoms with Gasteiger partial charge in [0, 0.05) is 5.56 Å². The average molecular weight is 374 g/mol. The number of nitrogens with zero attached hydrogens (tertiary/aromatic N) is 2. The molecule has 0 aliphatic rings. The molecule has 0 spiro atoms. The van der Waals surface area contributed by atoms with E-state index in [1.807, 2.05) is 38.1 Å². The maximum Gasteiger partial charge on any atom is 0.416 e. The van der Waals surface area contributed by atoms with Gasteiger partial charge in [-0.05, 0) is 37.6 Å². The molecule has 0 atom stereocenters. The maximum absolute atomic E-state index is 12.8. The molecule has 0 saturated heterocycles. The molecular formula is C20H17F3N2O2. The molecule has 0 unspecified atom stereocenters. The molecule has 2 aromatic carbocycles. The highest BCUT2D eigenvalue weighted by Gasteiger charge is 2.31. The van der Waals surface area contributed by atoms with E-state index in [2.05, 4.69) is 5.10 Å². The minimum Gasteiger partial charge on any atom is -0.478 e. The minimum absolute atomic E-state index is 0.00201. The number of aryl methyl sites for hydroxylation is 1. The largest absolute Gasteiger partial charge is 0.478 e. The van der Waals surface area contributed by atoms with Crippen LogP contribution in [0.2, 0.25) is 0 Å². The second-order valence-corrected chi connectivity index (χ2v) is 6.15. The number of carboxylic acid groups (broad SMARTS) is 1. The molecule has 1 heterocycles. The Morgan fingerprint density at radius 3 is 2.15 bits per heavy atom. The Morgan fingerprint density at radius 1 is 1.07 bits per heavy atom. The first kappa shape index (κ1) is 18.7. The molecule has 0 bridgehead atoms. The molecule has 4 nitrogen and oxygen atoms in total. The summed E-state index contributed by atoms with van der Waals surface area (Å²) in [5.41, 5.74) is 1.90. The Hall–Kier alpha value is -3.09. The van der Waals surface area contributed by atoms with Gasteiger partial charge < -0.3 is 5.11 Å². The first-order chi connectivity index (χ1) is 12.7. The summed E-state index contributed by atoms with van der Waals surface area (Å²) in [6.45, 7) is 3.74. The van der Waals surface area contributed by atoms with Crippen LogP contribution in [0.3, 0.4) is 0 Å². The zero-order valence-electron chi connectivity index (χ0n) is 14.7. The summed E-state index contributed by atoms with van der Waals surface area (Å²) in [5.74, 6) is -1.17. The number of hydrogen-bond acceptors (Lipinski definition) is 2. The highest BCUT2D eigenvalue weighted by molar-refractivity contribution is 5.96. The lowest BCUT2D eigenvalue weighted by atomic mass is 10.0. The number of aromatic nitrogens is 2. The van der Waals surface area contributed by atoms with Gasteiger partial charge >= 0.3 is 12.1 Å². The van der Waals surface area contributed by atoms with Gasteiger partial charge in [0.15, 0.2) is 0 Å². The number of alkyl halides is 3. The number of aromatic carboxylic acids is 1. The average Bonchev–Trinajstić information content (AvgIpc) is 3.01. The second kappa shape index (κ2) is 6.90. The van der Waals surface area contributed by atoms with E-state index in [4.69, 9.17) is 0 Å². The molecule has 0 amide bonds. The fourth-order valence-electron chi connectivity index (χ4n) is 2.92. The SMILES string of the molecule is CCc1c(C(=O)O)c(-c2ccc(C(F)(F)F)cc2)nn1-c1ccc(C)cc1. The maximum atomic E-state index is 12.8. The summed E-state index contributed by atoms with van der Waals surface area (Å²) in [4.78, 5) is 11.9. The van der Waals surface area contributed by atoms with Gasteiger partial charge in [0.05, 0.1) is 16.9 Å². The predicted octanol–water partition coefficient (Wildman–Crippen LogP) is 5.13. The van der Waals surface area contributed by atoms with Crippen LogP contribution in [0.5, 0.6) is 0 Å². The van der Waals surface area contributed by atoms with Crippen molar-refractivity contribution in [3.8, 4) is 16.9 Å². The molecule has 0 aliphatic carbocycles. The number of halogens is 3. The van der Waals surface area contributed by atoms with Gasteiger partial charge in [-0.25, -0.2) is 9.48 Å². The smallest absolute Gasteiger partial charge is 0.416 e. The molecular weight excluding hydrogens is 357 g/mol. The van der Waals surface area contributed by atoms with Crippen molar-refractivity contribution in [2.75, 3.05) is 0 Å². The van der Waals surface area contributed by atoms with Crippen molar-refractivity contribution in [1.29, 1.82) is 0 Å². The van der Waals surface area contributed by atoms with Crippen LogP contribution >= 0.6 is 0 Å². The van der Waals surface area contributed by atoms with E-state index in [9.17, 15) is 23.1 Å². The zero-order chi connectivity index (χ0) is 19.8. The first-order valence-electron chi connectivity index (χ1n) is 8.32. The van der Waals surface area contributed by atoms with E-state index in [-0.39, 0.29) is 11.3 Å². The van der Waals surface area contributed by atoms with E-state index in [1.54, 1.807) is 0 Å². The Morgan fingerprint density at radius 2 is 1.67 bits per heavy atom. The molecule has 3 aromatic rings. The van der Waals surface area contributed by atoms with Gasteiger partial charge in [-0.1, -0.05) is 36.8 Å². The van der Waals surface area contributed by atoms with E-state index < -0.39 is 17.7 Å². The predicted molar refractivity (Wildman–Crippen MR) is 95.1 cm³/mol. The van der Waals surface area contributed by atoms with Crippen molar-refractivity contribution >= 4 is 5.97 Å². The fraction of sp³-hybridized carbons (Fsp3) is 0.200. The molecule has 0 fully saturated rings. The quantitative estimate of drug-likeness (QED) is 0.689. The Kier molecular flexibility index (Phi) is 4.78. The molecule has 0 aliphatic heterocycles. The fourth-order valence-corrected chi connectivity index (χ4v) is 2.92. The lowest BCUT2D eigenvalue weighted by Crippen LogP contribution is -2.06. The van der Waals surface area contributed by atoms with Gasteiger partial charge in [-0.15, -0.1) is 0 Å². The highest BCUT2D eigenvalue weighted by Crippen LogP contribution is 2.33. The van der Waals surface area contributed by atoms with Crippen LogP contribution in [0.1, 0.15) is 34.1 Å². The highest BCUT2D eigenvalue weighted by atomic mass is 19.4. The van der Waals surface area contributed by atoms with Crippen LogP contribution in [0, 0.1) is 6.92 Å². The van der Waals surface area contributed by atoms with Crippen LogP contribution in [-0.2, 0) is 12.6 Å². The Balaban J connectivity index is 2.18. The van der Waals surface area contributed by atoms with E-state index in [1.165, 1.54) is 16.8 Å². The summed E-state index contributed by atoms with van der Waals surface area (Å²) in [5, 5.41) is 14.1. The Labute approximate surface area is 153 Å². The van der Waals surface area contributed by atoms with Gasteiger partial charge in [-0.3, -0.25) is 0 Å².